The van der Waals surface area contributed by atoms with E-state index in [1.165, 1.54) is 5.48 Å². The van der Waals surface area contributed by atoms with E-state index in [1.807, 2.05) is 6.92 Å². The molecule has 0 bridgehead atoms. The SMILES string of the molecule is CCCCCCC(SN(O)c1c(Cl)sc(Cl)c1S(=O)(=O)O)C(=O)NO. The first-order valence-electron chi connectivity index (χ1n) is 7.18. The fourth-order valence-corrected chi connectivity index (χ4v) is 6.06. The lowest BCUT2D eigenvalue weighted by molar-refractivity contribution is -0.128. The number of nitrogens with zero attached hydrogens (tertiary/aromatic N) is 1. The highest BCUT2D eigenvalue weighted by Gasteiger charge is 2.32. The van der Waals surface area contributed by atoms with Crippen LogP contribution in [-0.4, -0.2) is 34.5 Å². The second-order valence-corrected chi connectivity index (χ2v) is 9.70. The van der Waals surface area contributed by atoms with Crippen molar-refractivity contribution >= 4 is 68.2 Å². The molecule has 1 unspecified atom stereocenters. The summed E-state index contributed by atoms with van der Waals surface area (Å²) in [5.74, 6) is -0.758. The number of rotatable bonds is 10. The summed E-state index contributed by atoms with van der Waals surface area (Å²) in [6.45, 7) is 2.03. The quantitative estimate of drug-likeness (QED) is 0.138. The van der Waals surface area contributed by atoms with Crippen molar-refractivity contribution in [3.63, 3.8) is 0 Å². The van der Waals surface area contributed by atoms with Gasteiger partial charge >= 0.3 is 0 Å². The van der Waals surface area contributed by atoms with Crippen LogP contribution >= 0.6 is 46.5 Å². The van der Waals surface area contributed by atoms with Gasteiger partial charge in [-0.25, -0.2) is 5.48 Å². The molecule has 1 amide bonds. The van der Waals surface area contributed by atoms with E-state index in [0.29, 0.717) is 40.6 Å². The molecular formula is C12H18Cl2N2O6S3. The van der Waals surface area contributed by atoms with E-state index in [0.717, 1.165) is 19.3 Å². The molecule has 0 aliphatic rings. The maximum absolute atomic E-state index is 11.8. The van der Waals surface area contributed by atoms with Gasteiger partial charge in [0.1, 0.15) is 19.6 Å². The Morgan fingerprint density at radius 3 is 2.48 bits per heavy atom. The van der Waals surface area contributed by atoms with Crippen molar-refractivity contribution in [1.82, 2.24) is 5.48 Å². The third kappa shape index (κ3) is 6.43. The summed E-state index contributed by atoms with van der Waals surface area (Å²) >= 11 is 12.8. The molecule has 1 aromatic heterocycles. The molecule has 0 aliphatic carbocycles. The molecule has 0 aromatic carbocycles. The summed E-state index contributed by atoms with van der Waals surface area (Å²) in [5.41, 5.74) is 1.07. The Labute approximate surface area is 163 Å². The molecule has 0 saturated carbocycles. The second-order valence-electron chi connectivity index (χ2n) is 4.99. The maximum atomic E-state index is 11.8. The molecule has 0 radical (unpaired) electrons. The van der Waals surface area contributed by atoms with Gasteiger partial charge in [0.25, 0.3) is 16.0 Å². The number of hydrogen-bond donors (Lipinski definition) is 4. The van der Waals surface area contributed by atoms with Gasteiger partial charge < -0.3 is 0 Å². The molecular weight excluding hydrogens is 435 g/mol. The molecule has 0 saturated heterocycles. The summed E-state index contributed by atoms with van der Waals surface area (Å²) in [5, 5.41) is 18.1. The summed E-state index contributed by atoms with van der Waals surface area (Å²) < 4.78 is 32.1. The van der Waals surface area contributed by atoms with E-state index in [9.17, 15) is 23.0 Å². The predicted octanol–water partition coefficient (Wildman–Crippen LogP) is 3.99. The number of amides is 1. The number of carbonyl (C=O) groups excluding carboxylic acids is 1. The van der Waals surface area contributed by atoms with Crippen molar-refractivity contribution in [2.45, 2.75) is 49.2 Å². The lowest BCUT2D eigenvalue weighted by Crippen LogP contribution is -2.33. The van der Waals surface area contributed by atoms with Gasteiger partial charge in [0.15, 0.2) is 4.90 Å². The number of carbonyl (C=O) groups is 1. The van der Waals surface area contributed by atoms with Gasteiger partial charge in [0, 0.05) is 0 Å². The topological polar surface area (TPSA) is 127 Å². The van der Waals surface area contributed by atoms with Crippen molar-refractivity contribution in [1.29, 1.82) is 0 Å². The zero-order valence-electron chi connectivity index (χ0n) is 13.1. The highest BCUT2D eigenvalue weighted by Crippen LogP contribution is 2.47. The smallest absolute Gasteiger partial charge is 0.289 e. The zero-order chi connectivity index (χ0) is 19.2. The number of anilines is 1. The predicted molar refractivity (Wildman–Crippen MR) is 98.5 cm³/mol. The van der Waals surface area contributed by atoms with E-state index < -0.39 is 31.9 Å². The molecule has 1 aromatic rings. The molecule has 8 nitrogen and oxygen atoms in total. The number of halogens is 2. The normalized spacial score (nSPS) is 12.9. The summed E-state index contributed by atoms with van der Waals surface area (Å²) in [6, 6.07) is 0. The van der Waals surface area contributed by atoms with Crippen LogP contribution in [-0.2, 0) is 14.9 Å². The van der Waals surface area contributed by atoms with Crippen LogP contribution in [0.15, 0.2) is 4.90 Å². The van der Waals surface area contributed by atoms with Gasteiger partial charge in [0.05, 0.1) is 0 Å². The zero-order valence-corrected chi connectivity index (χ0v) is 17.1. The van der Waals surface area contributed by atoms with Gasteiger partial charge in [-0.2, -0.15) is 12.9 Å². The van der Waals surface area contributed by atoms with E-state index in [-0.39, 0.29) is 8.67 Å². The Bertz CT molecular complexity index is 697. The van der Waals surface area contributed by atoms with Gasteiger partial charge in [0.2, 0.25) is 0 Å². The minimum atomic E-state index is -4.75. The Kier molecular flexibility index (Phi) is 9.26. The number of hydroxylamine groups is 1. The average molecular weight is 453 g/mol. The number of unbranched alkanes of at least 4 members (excludes halogenated alkanes) is 3. The van der Waals surface area contributed by atoms with E-state index >= 15 is 0 Å². The van der Waals surface area contributed by atoms with Crippen LogP contribution in [0.3, 0.4) is 0 Å². The first-order valence-corrected chi connectivity index (χ1v) is 11.0. The minimum absolute atomic E-state index is 0.179. The fraction of sp³-hybridized carbons (Fsp3) is 0.583. The van der Waals surface area contributed by atoms with Crippen molar-refractivity contribution in [3.8, 4) is 0 Å². The van der Waals surface area contributed by atoms with Crippen LogP contribution in [0.25, 0.3) is 0 Å². The van der Waals surface area contributed by atoms with Crippen LogP contribution in [0, 0.1) is 0 Å². The number of thiophene rings is 1. The van der Waals surface area contributed by atoms with Crippen LogP contribution in [0.5, 0.6) is 0 Å². The molecule has 0 aliphatic heterocycles. The van der Waals surface area contributed by atoms with E-state index in [2.05, 4.69) is 0 Å². The molecule has 1 heterocycles. The van der Waals surface area contributed by atoms with Gasteiger partial charge in [-0.1, -0.05) is 55.8 Å². The molecule has 1 atom stereocenters. The molecule has 144 valence electrons. The van der Waals surface area contributed by atoms with Crippen molar-refractivity contribution < 1.29 is 28.2 Å². The first-order chi connectivity index (χ1) is 11.6. The molecule has 1 rings (SSSR count). The first kappa shape index (κ1) is 22.8. The summed E-state index contributed by atoms with van der Waals surface area (Å²) in [7, 11) is -4.75. The Morgan fingerprint density at radius 2 is 1.96 bits per heavy atom. The largest absolute Gasteiger partial charge is 0.299 e. The molecule has 0 spiro atoms. The highest BCUT2D eigenvalue weighted by atomic mass is 35.5. The van der Waals surface area contributed by atoms with Gasteiger partial charge in [-0.05, 0) is 18.4 Å². The van der Waals surface area contributed by atoms with Crippen LogP contribution < -0.4 is 9.95 Å². The molecule has 4 N–H and O–H groups in total. The number of hydrogen-bond acceptors (Lipinski definition) is 8. The molecule has 25 heavy (non-hydrogen) atoms. The Balaban J connectivity index is 3.01. The van der Waals surface area contributed by atoms with Gasteiger partial charge in [-0.3, -0.25) is 19.8 Å². The van der Waals surface area contributed by atoms with E-state index in [4.69, 9.17) is 28.4 Å². The standard InChI is InChI=1S/C12H18Cl2N2O6S3/c1-2-3-4-5-6-7(12(17)15-18)24-16(19)8-9(25(20,21)22)11(14)23-10(8)13/h7,18-19H,2-6H2,1H3,(H,15,17)(H,20,21,22). The second kappa shape index (κ2) is 10.2. The van der Waals surface area contributed by atoms with Crippen LogP contribution in [0.1, 0.15) is 39.0 Å². The molecule has 0 fully saturated rings. The van der Waals surface area contributed by atoms with Crippen LogP contribution in [0.4, 0.5) is 5.69 Å². The monoisotopic (exact) mass is 452 g/mol. The van der Waals surface area contributed by atoms with Crippen molar-refractivity contribution in [2.24, 2.45) is 0 Å². The van der Waals surface area contributed by atoms with Gasteiger partial charge in [-0.15, -0.1) is 11.3 Å². The fourth-order valence-electron chi connectivity index (χ4n) is 1.97. The molecule has 13 heteroatoms. The lowest BCUT2D eigenvalue weighted by Gasteiger charge is -2.21. The van der Waals surface area contributed by atoms with Crippen molar-refractivity contribution in [2.75, 3.05) is 4.47 Å². The third-order valence-corrected chi connectivity index (χ3v) is 6.99. The summed E-state index contributed by atoms with van der Waals surface area (Å²) in [6.07, 6.45) is 3.82. The summed E-state index contributed by atoms with van der Waals surface area (Å²) in [4.78, 5) is 11.0. The number of nitrogens with one attached hydrogen (secondary N) is 1. The minimum Gasteiger partial charge on any atom is -0.289 e. The average Bonchev–Trinajstić information content (AvgIpc) is 2.83. The van der Waals surface area contributed by atoms with Crippen molar-refractivity contribution in [3.05, 3.63) is 8.67 Å². The van der Waals surface area contributed by atoms with Crippen LogP contribution in [0.2, 0.25) is 8.67 Å². The lowest BCUT2D eigenvalue weighted by atomic mass is 10.1. The Morgan fingerprint density at radius 1 is 1.32 bits per heavy atom. The van der Waals surface area contributed by atoms with E-state index in [1.54, 1.807) is 0 Å². The maximum Gasteiger partial charge on any atom is 0.299 e. The highest BCUT2D eigenvalue weighted by molar-refractivity contribution is 8.01. The third-order valence-electron chi connectivity index (χ3n) is 3.16. The Hall–Kier alpha value is -0.270.